The van der Waals surface area contributed by atoms with Gasteiger partial charge in [-0.15, -0.1) is 0 Å². The first-order valence-corrected chi connectivity index (χ1v) is 9.11. The first-order chi connectivity index (χ1) is 13.0. The molecule has 0 radical (unpaired) electrons. The smallest absolute Gasteiger partial charge is 0.255 e. The molecule has 0 atom stereocenters. The summed E-state index contributed by atoms with van der Waals surface area (Å²) in [6.45, 7) is 0.402. The molecule has 140 valence electrons. The number of ether oxygens (including phenoxy) is 3. The Balaban J connectivity index is 1.79. The Bertz CT molecular complexity index is 987. The van der Waals surface area contributed by atoms with Gasteiger partial charge in [0.2, 0.25) is 0 Å². The molecule has 3 rings (SSSR count). The molecule has 0 spiro atoms. The van der Waals surface area contributed by atoms with Crippen LogP contribution in [0.15, 0.2) is 53.0 Å². The van der Waals surface area contributed by atoms with E-state index in [2.05, 4.69) is 21.2 Å². The maximum absolute atomic E-state index is 12.7. The molecule has 0 aromatic heterocycles. The van der Waals surface area contributed by atoms with E-state index in [-0.39, 0.29) is 5.91 Å². The van der Waals surface area contributed by atoms with Crippen molar-refractivity contribution in [2.24, 2.45) is 0 Å². The number of nitrogens with one attached hydrogen (secondary N) is 1. The third-order valence-corrected chi connectivity index (χ3v) is 4.86. The first kappa shape index (κ1) is 19.0. The third-order valence-electron chi connectivity index (χ3n) is 4.27. The highest BCUT2D eigenvalue weighted by Gasteiger charge is 2.17. The van der Waals surface area contributed by atoms with Crippen LogP contribution in [-0.2, 0) is 6.54 Å². The van der Waals surface area contributed by atoms with Crippen molar-refractivity contribution in [2.45, 2.75) is 6.54 Å². The minimum absolute atomic E-state index is 0.235. The van der Waals surface area contributed by atoms with E-state index in [1.54, 1.807) is 26.4 Å². The van der Waals surface area contributed by atoms with Crippen molar-refractivity contribution in [1.82, 2.24) is 5.32 Å². The van der Waals surface area contributed by atoms with Crippen LogP contribution in [0, 0.1) is 0 Å². The quantitative estimate of drug-likeness (QED) is 0.623. The number of halogens is 1. The average molecular weight is 430 g/mol. The lowest BCUT2D eigenvalue weighted by atomic mass is 10.1. The van der Waals surface area contributed by atoms with Crippen LogP contribution in [0.2, 0.25) is 0 Å². The predicted octanol–water partition coefficient (Wildman–Crippen LogP) is 4.56. The van der Waals surface area contributed by atoms with Crippen molar-refractivity contribution in [3.05, 3.63) is 64.1 Å². The molecule has 0 heterocycles. The SMILES string of the molecule is COc1cc(Br)c(OC)c(C(=O)NCc2ccc3cc(OC)ccc3c2)c1. The summed E-state index contributed by atoms with van der Waals surface area (Å²) in [4.78, 5) is 12.7. The maximum atomic E-state index is 12.7. The monoisotopic (exact) mass is 429 g/mol. The summed E-state index contributed by atoms with van der Waals surface area (Å²) in [5.74, 6) is 1.63. The fourth-order valence-electron chi connectivity index (χ4n) is 2.85. The number of hydrogen-bond donors (Lipinski definition) is 1. The Hall–Kier alpha value is -2.73. The summed E-state index contributed by atoms with van der Waals surface area (Å²) in [6.07, 6.45) is 0. The van der Waals surface area contributed by atoms with Gasteiger partial charge in [0, 0.05) is 6.54 Å². The van der Waals surface area contributed by atoms with Gasteiger partial charge in [0.25, 0.3) is 5.91 Å². The zero-order valence-electron chi connectivity index (χ0n) is 15.3. The van der Waals surface area contributed by atoms with E-state index in [0.29, 0.717) is 28.1 Å². The second-order valence-corrected chi connectivity index (χ2v) is 6.77. The van der Waals surface area contributed by atoms with Crippen LogP contribution in [0.25, 0.3) is 10.8 Å². The van der Waals surface area contributed by atoms with Crippen LogP contribution < -0.4 is 19.5 Å². The zero-order valence-corrected chi connectivity index (χ0v) is 16.9. The number of hydrogen-bond acceptors (Lipinski definition) is 4. The molecule has 0 saturated carbocycles. The fraction of sp³-hybridized carbons (Fsp3) is 0.190. The van der Waals surface area contributed by atoms with Crippen LogP contribution in [0.5, 0.6) is 17.2 Å². The Morgan fingerprint density at radius 3 is 2.30 bits per heavy atom. The van der Waals surface area contributed by atoms with E-state index >= 15 is 0 Å². The Labute approximate surface area is 166 Å². The zero-order chi connectivity index (χ0) is 19.4. The third kappa shape index (κ3) is 4.17. The molecule has 0 bridgehead atoms. The van der Waals surface area contributed by atoms with Gasteiger partial charge in [0.05, 0.1) is 31.4 Å². The molecule has 0 saturated heterocycles. The molecule has 1 amide bonds. The highest BCUT2D eigenvalue weighted by molar-refractivity contribution is 9.10. The molecule has 5 nitrogen and oxygen atoms in total. The van der Waals surface area contributed by atoms with Gasteiger partial charge >= 0.3 is 0 Å². The number of amides is 1. The normalized spacial score (nSPS) is 10.5. The van der Waals surface area contributed by atoms with E-state index in [0.717, 1.165) is 22.1 Å². The summed E-state index contributed by atoms with van der Waals surface area (Å²) in [7, 11) is 4.73. The van der Waals surface area contributed by atoms with Crippen molar-refractivity contribution in [2.75, 3.05) is 21.3 Å². The van der Waals surface area contributed by atoms with Gasteiger partial charge in [0.15, 0.2) is 0 Å². The molecule has 0 aliphatic rings. The topological polar surface area (TPSA) is 56.8 Å². The number of carbonyl (C=O) groups excluding carboxylic acids is 1. The average Bonchev–Trinajstić information content (AvgIpc) is 2.70. The Morgan fingerprint density at radius 1 is 0.889 bits per heavy atom. The van der Waals surface area contributed by atoms with Crippen LogP contribution in [0.4, 0.5) is 0 Å². The van der Waals surface area contributed by atoms with E-state index in [1.165, 1.54) is 7.11 Å². The standard InChI is InChI=1S/C21H20BrNO4/c1-25-16-7-6-14-8-13(4-5-15(14)9-16)12-23-21(24)18-10-17(26-2)11-19(22)20(18)27-3/h4-11H,12H2,1-3H3,(H,23,24). The van der Waals surface area contributed by atoms with Gasteiger partial charge < -0.3 is 19.5 Å². The predicted molar refractivity (Wildman–Crippen MR) is 109 cm³/mol. The van der Waals surface area contributed by atoms with Crippen LogP contribution in [0.3, 0.4) is 0 Å². The van der Waals surface area contributed by atoms with Crippen LogP contribution in [0.1, 0.15) is 15.9 Å². The Kier molecular flexibility index (Phi) is 5.86. The van der Waals surface area contributed by atoms with Gasteiger partial charge in [0.1, 0.15) is 17.2 Å². The lowest BCUT2D eigenvalue weighted by Crippen LogP contribution is -2.23. The summed E-state index contributed by atoms with van der Waals surface area (Å²) in [5.41, 5.74) is 1.41. The number of benzene rings is 3. The van der Waals surface area contributed by atoms with Crippen LogP contribution >= 0.6 is 15.9 Å². The first-order valence-electron chi connectivity index (χ1n) is 8.32. The van der Waals surface area contributed by atoms with Gasteiger partial charge in [-0.1, -0.05) is 18.2 Å². The molecule has 3 aromatic rings. The van der Waals surface area contributed by atoms with E-state index in [1.807, 2.05) is 36.4 Å². The van der Waals surface area contributed by atoms with E-state index in [4.69, 9.17) is 14.2 Å². The summed E-state index contributed by atoms with van der Waals surface area (Å²) in [6, 6.07) is 15.4. The van der Waals surface area contributed by atoms with Crippen molar-refractivity contribution in [1.29, 1.82) is 0 Å². The number of carbonyl (C=O) groups is 1. The minimum Gasteiger partial charge on any atom is -0.497 e. The van der Waals surface area contributed by atoms with Crippen LogP contribution in [-0.4, -0.2) is 27.2 Å². The molecule has 6 heteroatoms. The minimum atomic E-state index is -0.235. The number of methoxy groups -OCH3 is 3. The van der Waals surface area contributed by atoms with Gasteiger partial charge in [-0.3, -0.25) is 4.79 Å². The van der Waals surface area contributed by atoms with Crippen molar-refractivity contribution < 1.29 is 19.0 Å². The molecule has 1 N–H and O–H groups in total. The van der Waals surface area contributed by atoms with E-state index in [9.17, 15) is 4.79 Å². The number of fused-ring (bicyclic) bond motifs is 1. The lowest BCUT2D eigenvalue weighted by Gasteiger charge is -2.13. The highest BCUT2D eigenvalue weighted by atomic mass is 79.9. The molecule has 3 aromatic carbocycles. The molecule has 27 heavy (non-hydrogen) atoms. The van der Waals surface area contributed by atoms with Crippen molar-refractivity contribution >= 4 is 32.6 Å². The van der Waals surface area contributed by atoms with E-state index < -0.39 is 0 Å². The number of rotatable bonds is 6. The molecule has 0 aliphatic heterocycles. The fourth-order valence-corrected chi connectivity index (χ4v) is 3.45. The highest BCUT2D eigenvalue weighted by Crippen LogP contribution is 2.33. The second kappa shape index (κ2) is 8.31. The van der Waals surface area contributed by atoms with Gasteiger partial charge in [-0.2, -0.15) is 0 Å². The van der Waals surface area contributed by atoms with Gasteiger partial charge in [-0.05, 0) is 62.6 Å². The summed E-state index contributed by atoms with van der Waals surface area (Å²) >= 11 is 3.41. The maximum Gasteiger partial charge on any atom is 0.255 e. The van der Waals surface area contributed by atoms with Crippen molar-refractivity contribution in [3.8, 4) is 17.2 Å². The molecule has 0 unspecified atom stereocenters. The summed E-state index contributed by atoms with van der Waals surface area (Å²) in [5, 5.41) is 5.11. The molecule has 0 fully saturated rings. The lowest BCUT2D eigenvalue weighted by molar-refractivity contribution is 0.0947. The summed E-state index contributed by atoms with van der Waals surface area (Å²) < 4.78 is 16.5. The largest absolute Gasteiger partial charge is 0.497 e. The molecule has 0 aliphatic carbocycles. The van der Waals surface area contributed by atoms with Gasteiger partial charge in [-0.25, -0.2) is 0 Å². The molecular weight excluding hydrogens is 410 g/mol. The Morgan fingerprint density at radius 2 is 1.59 bits per heavy atom. The second-order valence-electron chi connectivity index (χ2n) is 5.92. The van der Waals surface area contributed by atoms with Crippen molar-refractivity contribution in [3.63, 3.8) is 0 Å². The molecular formula is C21H20BrNO4.